The van der Waals surface area contributed by atoms with Gasteiger partial charge >= 0.3 is 0 Å². The van der Waals surface area contributed by atoms with Gasteiger partial charge in [-0.15, -0.1) is 0 Å². The molecule has 1 atom stereocenters. The molecule has 1 amide bonds. The van der Waals surface area contributed by atoms with E-state index in [1.165, 1.54) is 24.6 Å². The highest BCUT2D eigenvalue weighted by atomic mass is 32.2. The lowest BCUT2D eigenvalue weighted by atomic mass is 9.99. The fourth-order valence-electron chi connectivity index (χ4n) is 2.58. The van der Waals surface area contributed by atoms with Crippen molar-refractivity contribution < 1.29 is 9.32 Å². The summed E-state index contributed by atoms with van der Waals surface area (Å²) in [6.07, 6.45) is 6.35. The number of unbranched alkanes of at least 4 members (excludes halogenated alkanes) is 1. The van der Waals surface area contributed by atoms with Gasteiger partial charge in [0.15, 0.2) is 0 Å². The monoisotopic (exact) mass is 361 g/mol. The van der Waals surface area contributed by atoms with Crippen LogP contribution < -0.4 is 5.32 Å². The Bertz CT molecular complexity index is 672. The van der Waals surface area contributed by atoms with Crippen molar-refractivity contribution in [1.82, 2.24) is 15.5 Å². The van der Waals surface area contributed by atoms with Crippen LogP contribution in [0.2, 0.25) is 0 Å². The number of carbonyl (C=O) groups is 1. The molecule has 2 rings (SSSR count). The second kappa shape index (κ2) is 10.2. The second-order valence-corrected chi connectivity index (χ2v) is 7.16. The Morgan fingerprint density at radius 2 is 2.24 bits per heavy atom. The standard InChI is InChI=1S/C19H27N3O2S/c1-4-6-8-15(5-2)12-21-18(23)17-9-7-10-20-19(17)25-13-16-11-14(3)24-22-16/h7,9-11,15H,4-6,8,12-13H2,1-3H3,(H,21,23). The van der Waals surface area contributed by atoms with E-state index in [9.17, 15) is 4.79 Å². The van der Waals surface area contributed by atoms with Crippen molar-refractivity contribution in [3.63, 3.8) is 0 Å². The molecule has 0 aliphatic heterocycles. The molecule has 6 heteroatoms. The number of thioether (sulfide) groups is 1. The van der Waals surface area contributed by atoms with Gasteiger partial charge in [0.2, 0.25) is 0 Å². The van der Waals surface area contributed by atoms with E-state index in [1.807, 2.05) is 19.1 Å². The Balaban J connectivity index is 1.94. The van der Waals surface area contributed by atoms with Crippen molar-refractivity contribution in [2.24, 2.45) is 5.92 Å². The molecule has 1 N–H and O–H groups in total. The van der Waals surface area contributed by atoms with E-state index >= 15 is 0 Å². The fraction of sp³-hybridized carbons (Fsp3) is 0.526. The van der Waals surface area contributed by atoms with Gasteiger partial charge in [0.25, 0.3) is 5.91 Å². The third kappa shape index (κ3) is 6.20. The average molecular weight is 362 g/mol. The van der Waals surface area contributed by atoms with Crippen LogP contribution in [0.5, 0.6) is 0 Å². The molecular formula is C19H27N3O2S. The van der Waals surface area contributed by atoms with E-state index in [-0.39, 0.29) is 5.91 Å². The summed E-state index contributed by atoms with van der Waals surface area (Å²) in [5, 5.41) is 7.78. The molecule has 0 aliphatic carbocycles. The molecule has 2 aromatic rings. The minimum absolute atomic E-state index is 0.0538. The SMILES string of the molecule is CCCCC(CC)CNC(=O)c1cccnc1SCc1cc(C)on1. The van der Waals surface area contributed by atoms with Crippen LogP contribution in [0.4, 0.5) is 0 Å². The maximum Gasteiger partial charge on any atom is 0.254 e. The highest BCUT2D eigenvalue weighted by Gasteiger charge is 2.15. The van der Waals surface area contributed by atoms with Crippen LogP contribution in [-0.2, 0) is 5.75 Å². The van der Waals surface area contributed by atoms with Gasteiger partial charge < -0.3 is 9.84 Å². The molecular weight excluding hydrogens is 334 g/mol. The number of pyridine rings is 1. The molecule has 0 saturated heterocycles. The van der Waals surface area contributed by atoms with Crippen molar-refractivity contribution in [3.8, 4) is 0 Å². The Kier molecular flexibility index (Phi) is 7.98. The quantitative estimate of drug-likeness (QED) is 0.626. The van der Waals surface area contributed by atoms with Crippen LogP contribution in [0.25, 0.3) is 0 Å². The third-order valence-corrected chi connectivity index (χ3v) is 5.18. The molecule has 0 aliphatic rings. The zero-order chi connectivity index (χ0) is 18.1. The van der Waals surface area contributed by atoms with Gasteiger partial charge in [0, 0.05) is 24.6 Å². The Morgan fingerprint density at radius 3 is 2.92 bits per heavy atom. The van der Waals surface area contributed by atoms with Crippen molar-refractivity contribution in [1.29, 1.82) is 0 Å². The van der Waals surface area contributed by atoms with E-state index in [4.69, 9.17) is 4.52 Å². The van der Waals surface area contributed by atoms with Crippen LogP contribution in [-0.4, -0.2) is 22.6 Å². The summed E-state index contributed by atoms with van der Waals surface area (Å²) in [7, 11) is 0. The van der Waals surface area contributed by atoms with E-state index in [2.05, 4.69) is 29.3 Å². The Morgan fingerprint density at radius 1 is 1.40 bits per heavy atom. The molecule has 0 saturated carbocycles. The topological polar surface area (TPSA) is 68.0 Å². The maximum atomic E-state index is 12.6. The van der Waals surface area contributed by atoms with E-state index < -0.39 is 0 Å². The largest absolute Gasteiger partial charge is 0.361 e. The molecule has 0 aromatic carbocycles. The lowest BCUT2D eigenvalue weighted by Gasteiger charge is -2.16. The maximum absolute atomic E-state index is 12.6. The van der Waals surface area contributed by atoms with E-state index in [0.29, 0.717) is 17.2 Å². The zero-order valence-electron chi connectivity index (χ0n) is 15.2. The van der Waals surface area contributed by atoms with Crippen LogP contribution in [0, 0.1) is 12.8 Å². The van der Waals surface area contributed by atoms with E-state index in [1.54, 1.807) is 12.3 Å². The molecule has 2 heterocycles. The number of nitrogens with zero attached hydrogens (tertiary/aromatic N) is 2. The summed E-state index contributed by atoms with van der Waals surface area (Å²) in [5.41, 5.74) is 1.48. The minimum Gasteiger partial charge on any atom is -0.361 e. The number of amides is 1. The summed E-state index contributed by atoms with van der Waals surface area (Å²) in [5.74, 6) is 1.90. The number of nitrogens with one attached hydrogen (secondary N) is 1. The lowest BCUT2D eigenvalue weighted by molar-refractivity contribution is 0.0942. The second-order valence-electron chi connectivity index (χ2n) is 6.20. The van der Waals surface area contributed by atoms with Gasteiger partial charge in [-0.1, -0.05) is 50.0 Å². The number of aromatic nitrogens is 2. The van der Waals surface area contributed by atoms with Crippen molar-refractivity contribution in [2.75, 3.05) is 6.54 Å². The molecule has 2 aromatic heterocycles. The molecule has 1 unspecified atom stereocenters. The predicted molar refractivity (Wildman–Crippen MR) is 101 cm³/mol. The zero-order valence-corrected chi connectivity index (χ0v) is 16.1. The predicted octanol–water partition coefficient (Wildman–Crippen LogP) is 4.62. The van der Waals surface area contributed by atoms with Gasteiger partial charge in [0.05, 0.1) is 11.3 Å². The smallest absolute Gasteiger partial charge is 0.254 e. The highest BCUT2D eigenvalue weighted by Crippen LogP contribution is 2.24. The first-order valence-electron chi connectivity index (χ1n) is 8.92. The number of aryl methyl sites for hydroxylation is 1. The number of hydrogen-bond donors (Lipinski definition) is 1. The molecule has 0 fully saturated rings. The first-order chi connectivity index (χ1) is 12.1. The van der Waals surface area contributed by atoms with Gasteiger partial charge in [-0.3, -0.25) is 4.79 Å². The minimum atomic E-state index is -0.0538. The van der Waals surface area contributed by atoms with Gasteiger partial charge in [0.1, 0.15) is 10.8 Å². The summed E-state index contributed by atoms with van der Waals surface area (Å²) < 4.78 is 5.08. The molecule has 0 spiro atoms. The van der Waals surface area contributed by atoms with Crippen LogP contribution in [0.15, 0.2) is 33.9 Å². The van der Waals surface area contributed by atoms with Crippen molar-refractivity contribution in [2.45, 2.75) is 57.2 Å². The Hall–Kier alpha value is -1.82. The summed E-state index contributed by atoms with van der Waals surface area (Å²) >= 11 is 1.50. The number of carbonyl (C=O) groups excluding carboxylic acids is 1. The summed E-state index contributed by atoms with van der Waals surface area (Å²) in [4.78, 5) is 16.9. The van der Waals surface area contributed by atoms with Crippen LogP contribution in [0.1, 0.15) is 61.3 Å². The first kappa shape index (κ1) is 19.5. The van der Waals surface area contributed by atoms with Crippen molar-refractivity contribution in [3.05, 3.63) is 41.4 Å². The first-order valence-corrected chi connectivity index (χ1v) is 9.90. The van der Waals surface area contributed by atoms with Crippen molar-refractivity contribution >= 4 is 17.7 Å². The summed E-state index contributed by atoms with van der Waals surface area (Å²) in [6, 6.07) is 5.52. The molecule has 0 bridgehead atoms. The third-order valence-electron chi connectivity index (χ3n) is 4.14. The van der Waals surface area contributed by atoms with Crippen LogP contribution in [0.3, 0.4) is 0 Å². The molecule has 5 nitrogen and oxygen atoms in total. The average Bonchev–Trinajstić information content (AvgIpc) is 3.05. The number of hydrogen-bond acceptors (Lipinski definition) is 5. The highest BCUT2D eigenvalue weighted by molar-refractivity contribution is 7.98. The Labute approximate surface area is 154 Å². The molecule has 25 heavy (non-hydrogen) atoms. The van der Waals surface area contributed by atoms with Crippen LogP contribution >= 0.6 is 11.8 Å². The van der Waals surface area contributed by atoms with Gasteiger partial charge in [-0.2, -0.15) is 0 Å². The normalized spacial score (nSPS) is 12.1. The van der Waals surface area contributed by atoms with Gasteiger partial charge in [-0.05, 0) is 31.4 Å². The van der Waals surface area contributed by atoms with E-state index in [0.717, 1.165) is 35.9 Å². The molecule has 136 valence electrons. The lowest BCUT2D eigenvalue weighted by Crippen LogP contribution is -2.29. The summed E-state index contributed by atoms with van der Waals surface area (Å²) in [6.45, 7) is 6.96. The van der Waals surface area contributed by atoms with Gasteiger partial charge in [-0.25, -0.2) is 4.98 Å². The molecule has 0 radical (unpaired) electrons. The number of rotatable bonds is 10. The fourth-order valence-corrected chi connectivity index (χ4v) is 3.45.